The SMILES string of the molecule is CCCCc1ccc(NC(=S)NC[C@@H](c2cccc(OC)c2)N(C)C)cc1. The Bertz CT molecular complexity index is 716. The largest absolute Gasteiger partial charge is 0.497 e. The Morgan fingerprint density at radius 2 is 1.89 bits per heavy atom. The maximum Gasteiger partial charge on any atom is 0.170 e. The van der Waals surface area contributed by atoms with Crippen LogP contribution < -0.4 is 15.4 Å². The molecule has 2 rings (SSSR count). The standard InChI is InChI=1S/C22H31N3OS/c1-5-6-8-17-11-13-19(14-12-17)24-22(27)23-16-21(25(2)3)18-9-7-10-20(15-18)26-4/h7,9-15,21H,5-6,8,16H2,1-4H3,(H2,23,24,27)/t21-/m0/s1. The van der Waals surface area contributed by atoms with Crippen LogP contribution in [0.25, 0.3) is 0 Å². The molecule has 0 fully saturated rings. The van der Waals surface area contributed by atoms with Gasteiger partial charge in [0.1, 0.15) is 5.75 Å². The molecule has 2 aromatic carbocycles. The summed E-state index contributed by atoms with van der Waals surface area (Å²) in [7, 11) is 5.82. The first-order valence-corrected chi connectivity index (χ1v) is 9.88. The van der Waals surface area contributed by atoms with Crippen LogP contribution in [0.2, 0.25) is 0 Å². The van der Waals surface area contributed by atoms with Crippen molar-refractivity contribution in [3.63, 3.8) is 0 Å². The van der Waals surface area contributed by atoms with Crippen LogP contribution in [-0.4, -0.2) is 37.8 Å². The van der Waals surface area contributed by atoms with Gasteiger partial charge in [0, 0.05) is 12.2 Å². The number of anilines is 1. The Hall–Kier alpha value is -2.11. The van der Waals surface area contributed by atoms with Gasteiger partial charge in [-0.3, -0.25) is 0 Å². The fourth-order valence-electron chi connectivity index (χ4n) is 2.95. The minimum atomic E-state index is 0.191. The van der Waals surface area contributed by atoms with Crippen LogP contribution in [0.4, 0.5) is 5.69 Å². The molecule has 0 aliphatic heterocycles. The third kappa shape index (κ3) is 6.85. The molecular weight excluding hydrogens is 354 g/mol. The van der Waals surface area contributed by atoms with E-state index >= 15 is 0 Å². The van der Waals surface area contributed by atoms with Crippen molar-refractivity contribution in [2.45, 2.75) is 32.2 Å². The van der Waals surface area contributed by atoms with Gasteiger partial charge in [-0.1, -0.05) is 37.6 Å². The smallest absolute Gasteiger partial charge is 0.170 e. The lowest BCUT2D eigenvalue weighted by atomic mass is 10.1. The number of aryl methyl sites for hydroxylation is 1. The fraction of sp³-hybridized carbons (Fsp3) is 0.409. The van der Waals surface area contributed by atoms with Gasteiger partial charge < -0.3 is 20.3 Å². The number of nitrogens with zero attached hydrogens (tertiary/aromatic N) is 1. The van der Waals surface area contributed by atoms with Gasteiger partial charge in [0.2, 0.25) is 0 Å². The lowest BCUT2D eigenvalue weighted by molar-refractivity contribution is 0.298. The summed E-state index contributed by atoms with van der Waals surface area (Å²) in [5.74, 6) is 0.864. The van der Waals surface area contributed by atoms with Crippen LogP contribution in [0.1, 0.15) is 36.9 Å². The number of benzene rings is 2. The van der Waals surface area contributed by atoms with Crippen molar-refractivity contribution in [3.8, 4) is 5.75 Å². The number of hydrogen-bond acceptors (Lipinski definition) is 3. The molecule has 0 aliphatic rings. The molecule has 1 atom stereocenters. The van der Waals surface area contributed by atoms with E-state index in [1.807, 2.05) is 12.1 Å². The van der Waals surface area contributed by atoms with Crippen molar-refractivity contribution in [3.05, 3.63) is 59.7 Å². The first kappa shape index (κ1) is 21.2. The third-order valence-corrected chi connectivity index (χ3v) is 4.84. The van der Waals surface area contributed by atoms with E-state index in [2.05, 4.69) is 73.0 Å². The van der Waals surface area contributed by atoms with Gasteiger partial charge in [-0.25, -0.2) is 0 Å². The van der Waals surface area contributed by atoms with Crippen LogP contribution in [0.15, 0.2) is 48.5 Å². The summed E-state index contributed by atoms with van der Waals surface area (Å²) in [6, 6.07) is 16.9. The summed E-state index contributed by atoms with van der Waals surface area (Å²) in [5, 5.41) is 7.24. The molecule has 2 aromatic rings. The number of thiocarbonyl (C=S) groups is 1. The molecular formula is C22H31N3OS. The molecule has 146 valence electrons. The van der Waals surface area contributed by atoms with Crippen molar-refractivity contribution in [2.75, 3.05) is 33.1 Å². The van der Waals surface area contributed by atoms with Crippen LogP contribution in [0.5, 0.6) is 5.75 Å². The molecule has 27 heavy (non-hydrogen) atoms. The lowest BCUT2D eigenvalue weighted by Gasteiger charge is -2.26. The minimum Gasteiger partial charge on any atom is -0.497 e. The maximum absolute atomic E-state index is 5.48. The van der Waals surface area contributed by atoms with Crippen molar-refractivity contribution in [1.82, 2.24) is 10.2 Å². The molecule has 0 spiro atoms. The van der Waals surface area contributed by atoms with Gasteiger partial charge in [-0.05, 0) is 74.5 Å². The average Bonchev–Trinajstić information content (AvgIpc) is 2.67. The lowest BCUT2D eigenvalue weighted by Crippen LogP contribution is -2.36. The van der Waals surface area contributed by atoms with Gasteiger partial charge in [0.25, 0.3) is 0 Å². The van der Waals surface area contributed by atoms with Crippen LogP contribution in [0, 0.1) is 0 Å². The van der Waals surface area contributed by atoms with Crippen molar-refractivity contribution >= 4 is 23.0 Å². The first-order valence-electron chi connectivity index (χ1n) is 9.47. The number of hydrogen-bond donors (Lipinski definition) is 2. The molecule has 0 aromatic heterocycles. The average molecular weight is 386 g/mol. The highest BCUT2D eigenvalue weighted by Crippen LogP contribution is 2.22. The Balaban J connectivity index is 1.91. The molecule has 2 N–H and O–H groups in total. The highest BCUT2D eigenvalue weighted by molar-refractivity contribution is 7.80. The minimum absolute atomic E-state index is 0.191. The predicted molar refractivity (Wildman–Crippen MR) is 119 cm³/mol. The number of methoxy groups -OCH3 is 1. The van der Waals surface area contributed by atoms with Gasteiger partial charge in [0.05, 0.1) is 13.2 Å². The Morgan fingerprint density at radius 3 is 2.52 bits per heavy atom. The van der Waals surface area contributed by atoms with E-state index in [-0.39, 0.29) is 6.04 Å². The second-order valence-corrected chi connectivity index (χ2v) is 7.30. The molecule has 0 unspecified atom stereocenters. The summed E-state index contributed by atoms with van der Waals surface area (Å²) in [4.78, 5) is 2.17. The van der Waals surface area contributed by atoms with E-state index < -0.39 is 0 Å². The molecule has 4 nitrogen and oxygen atoms in total. The van der Waals surface area contributed by atoms with E-state index in [0.717, 1.165) is 17.9 Å². The van der Waals surface area contributed by atoms with E-state index in [1.165, 1.54) is 24.0 Å². The summed E-state index contributed by atoms with van der Waals surface area (Å²) in [5.41, 5.74) is 3.57. The summed E-state index contributed by atoms with van der Waals surface area (Å²) in [6.07, 6.45) is 3.57. The molecule has 5 heteroatoms. The van der Waals surface area contributed by atoms with Gasteiger partial charge in [-0.15, -0.1) is 0 Å². The second-order valence-electron chi connectivity index (χ2n) is 6.89. The molecule has 0 aliphatic carbocycles. The Kier molecular flexibility index (Phi) is 8.55. The molecule has 0 radical (unpaired) electrons. The number of nitrogens with one attached hydrogen (secondary N) is 2. The predicted octanol–water partition coefficient (Wildman–Crippen LogP) is 4.63. The van der Waals surface area contributed by atoms with Crippen LogP contribution in [-0.2, 0) is 6.42 Å². The fourth-order valence-corrected chi connectivity index (χ4v) is 3.15. The second kappa shape index (κ2) is 10.9. The third-order valence-electron chi connectivity index (χ3n) is 4.59. The van der Waals surface area contributed by atoms with Crippen LogP contribution >= 0.6 is 12.2 Å². The summed E-state index contributed by atoms with van der Waals surface area (Å²) in [6.45, 7) is 2.92. The normalized spacial score (nSPS) is 11.9. The number of unbranched alkanes of at least 4 members (excludes halogenated alkanes) is 1. The zero-order valence-electron chi connectivity index (χ0n) is 16.8. The van der Waals surface area contributed by atoms with E-state index in [4.69, 9.17) is 17.0 Å². The van der Waals surface area contributed by atoms with Gasteiger partial charge in [-0.2, -0.15) is 0 Å². The van der Waals surface area contributed by atoms with Gasteiger partial charge in [0.15, 0.2) is 5.11 Å². The van der Waals surface area contributed by atoms with Crippen molar-refractivity contribution < 1.29 is 4.74 Å². The highest BCUT2D eigenvalue weighted by Gasteiger charge is 2.15. The monoisotopic (exact) mass is 385 g/mol. The molecule has 0 heterocycles. The van der Waals surface area contributed by atoms with E-state index in [9.17, 15) is 0 Å². The van der Waals surface area contributed by atoms with Crippen LogP contribution in [0.3, 0.4) is 0 Å². The maximum atomic E-state index is 5.48. The molecule has 0 bridgehead atoms. The Morgan fingerprint density at radius 1 is 1.15 bits per heavy atom. The van der Waals surface area contributed by atoms with Gasteiger partial charge >= 0.3 is 0 Å². The number of rotatable bonds is 9. The van der Waals surface area contributed by atoms with Crippen molar-refractivity contribution in [2.24, 2.45) is 0 Å². The zero-order chi connectivity index (χ0) is 19.6. The highest BCUT2D eigenvalue weighted by atomic mass is 32.1. The van der Waals surface area contributed by atoms with Crippen molar-refractivity contribution in [1.29, 1.82) is 0 Å². The van der Waals surface area contributed by atoms with E-state index in [1.54, 1.807) is 7.11 Å². The quantitative estimate of drug-likeness (QED) is 0.616. The molecule has 0 saturated carbocycles. The topological polar surface area (TPSA) is 36.5 Å². The summed E-state index contributed by atoms with van der Waals surface area (Å²) >= 11 is 5.48. The summed E-state index contributed by atoms with van der Waals surface area (Å²) < 4.78 is 5.35. The zero-order valence-corrected chi connectivity index (χ0v) is 17.6. The number of ether oxygens (including phenoxy) is 1. The van der Waals surface area contributed by atoms with E-state index in [0.29, 0.717) is 11.7 Å². The Labute approximate surface area is 168 Å². The molecule has 0 saturated heterocycles. The number of likely N-dealkylation sites (N-methyl/N-ethyl adjacent to an activating group) is 1. The molecule has 0 amide bonds. The first-order chi connectivity index (χ1) is 13.0.